The van der Waals surface area contributed by atoms with E-state index < -0.39 is 0 Å². The van der Waals surface area contributed by atoms with Crippen LogP contribution in [0.25, 0.3) is 0 Å². The van der Waals surface area contributed by atoms with Crippen molar-refractivity contribution in [1.29, 1.82) is 0 Å². The Morgan fingerprint density at radius 2 is 2.24 bits per heavy atom. The molecule has 1 saturated heterocycles. The van der Waals surface area contributed by atoms with Crippen molar-refractivity contribution in [2.24, 2.45) is 5.92 Å². The highest BCUT2D eigenvalue weighted by Gasteiger charge is 2.21. The fourth-order valence-electron chi connectivity index (χ4n) is 2.77. The molecule has 1 atom stereocenters. The molecule has 0 bridgehead atoms. The van der Waals surface area contributed by atoms with Crippen molar-refractivity contribution in [1.82, 2.24) is 5.32 Å². The lowest BCUT2D eigenvalue weighted by molar-refractivity contribution is 0.569. The minimum atomic E-state index is 0.895. The third-order valence-corrected chi connectivity index (χ3v) is 3.85. The largest absolute Gasteiger partial charge is 0.371 e. The number of benzene rings is 1. The van der Waals surface area contributed by atoms with Gasteiger partial charge in [-0.3, -0.25) is 0 Å². The van der Waals surface area contributed by atoms with E-state index in [-0.39, 0.29) is 0 Å². The van der Waals surface area contributed by atoms with Crippen LogP contribution in [0.1, 0.15) is 30.9 Å². The average Bonchev–Trinajstić information content (AvgIpc) is 2.78. The molecule has 2 rings (SSSR count). The molecule has 0 aliphatic carbocycles. The van der Waals surface area contributed by atoms with Crippen molar-refractivity contribution in [2.45, 2.75) is 33.2 Å². The molecule has 0 amide bonds. The van der Waals surface area contributed by atoms with Crippen LogP contribution >= 0.6 is 0 Å². The summed E-state index contributed by atoms with van der Waals surface area (Å²) in [5.74, 6) is 0.895. The van der Waals surface area contributed by atoms with Gasteiger partial charge in [0.15, 0.2) is 0 Å². The summed E-state index contributed by atoms with van der Waals surface area (Å²) in [5, 5.41) is 3.20. The first kappa shape index (κ1) is 12.4. The lowest BCUT2D eigenvalue weighted by Crippen LogP contribution is -2.20. The minimum absolute atomic E-state index is 0.895. The summed E-state index contributed by atoms with van der Waals surface area (Å²) >= 11 is 0. The SMILES string of the molecule is CCC1CCN(c2ccc(CNC)cc2C)C1. The van der Waals surface area contributed by atoms with Crippen molar-refractivity contribution in [3.63, 3.8) is 0 Å². The van der Waals surface area contributed by atoms with Crippen LogP contribution in [-0.4, -0.2) is 20.1 Å². The van der Waals surface area contributed by atoms with E-state index in [1.54, 1.807) is 0 Å². The fourth-order valence-corrected chi connectivity index (χ4v) is 2.77. The van der Waals surface area contributed by atoms with Crippen LogP contribution in [0.15, 0.2) is 18.2 Å². The first-order chi connectivity index (χ1) is 8.24. The first-order valence-electron chi connectivity index (χ1n) is 6.73. The molecule has 1 heterocycles. The van der Waals surface area contributed by atoms with Crippen LogP contribution < -0.4 is 10.2 Å². The van der Waals surface area contributed by atoms with E-state index in [0.717, 1.165) is 12.5 Å². The third kappa shape index (κ3) is 2.81. The quantitative estimate of drug-likeness (QED) is 0.858. The highest BCUT2D eigenvalue weighted by Crippen LogP contribution is 2.28. The van der Waals surface area contributed by atoms with Crippen LogP contribution in [0.5, 0.6) is 0 Å². The molecule has 0 radical (unpaired) electrons. The number of aryl methyl sites for hydroxylation is 1. The minimum Gasteiger partial charge on any atom is -0.371 e. The summed E-state index contributed by atoms with van der Waals surface area (Å²) in [6, 6.07) is 6.85. The molecule has 1 unspecified atom stereocenters. The second kappa shape index (κ2) is 5.54. The maximum Gasteiger partial charge on any atom is 0.0396 e. The average molecular weight is 232 g/mol. The highest BCUT2D eigenvalue weighted by molar-refractivity contribution is 5.55. The van der Waals surface area contributed by atoms with Gasteiger partial charge in [-0.15, -0.1) is 0 Å². The summed E-state index contributed by atoms with van der Waals surface area (Å²) < 4.78 is 0. The number of hydrogen-bond acceptors (Lipinski definition) is 2. The van der Waals surface area contributed by atoms with Gasteiger partial charge < -0.3 is 10.2 Å². The number of anilines is 1. The van der Waals surface area contributed by atoms with Gasteiger partial charge in [-0.1, -0.05) is 25.5 Å². The van der Waals surface area contributed by atoms with Gasteiger partial charge in [0, 0.05) is 25.3 Å². The van der Waals surface area contributed by atoms with Crippen LogP contribution in [0.3, 0.4) is 0 Å². The molecule has 1 aromatic rings. The van der Waals surface area contributed by atoms with Gasteiger partial charge in [0.2, 0.25) is 0 Å². The van der Waals surface area contributed by atoms with Crippen molar-refractivity contribution in [3.8, 4) is 0 Å². The lowest BCUT2D eigenvalue weighted by atomic mass is 10.1. The predicted molar refractivity (Wildman–Crippen MR) is 74.6 cm³/mol. The van der Waals surface area contributed by atoms with Crippen molar-refractivity contribution < 1.29 is 0 Å². The van der Waals surface area contributed by atoms with Gasteiger partial charge in [0.1, 0.15) is 0 Å². The van der Waals surface area contributed by atoms with Crippen LogP contribution in [0.4, 0.5) is 5.69 Å². The molecule has 1 aliphatic heterocycles. The number of nitrogens with zero attached hydrogens (tertiary/aromatic N) is 1. The monoisotopic (exact) mass is 232 g/mol. The molecule has 1 N–H and O–H groups in total. The van der Waals surface area contributed by atoms with Crippen molar-refractivity contribution in [2.75, 3.05) is 25.0 Å². The summed E-state index contributed by atoms with van der Waals surface area (Å²) in [7, 11) is 2.00. The number of hydrogen-bond donors (Lipinski definition) is 1. The second-order valence-corrected chi connectivity index (χ2v) is 5.16. The van der Waals surface area contributed by atoms with Gasteiger partial charge in [0.25, 0.3) is 0 Å². The van der Waals surface area contributed by atoms with Gasteiger partial charge in [-0.2, -0.15) is 0 Å². The zero-order valence-corrected chi connectivity index (χ0v) is 11.3. The molecule has 94 valence electrons. The Bertz CT molecular complexity index is 373. The molecule has 1 aliphatic rings. The Morgan fingerprint density at radius 1 is 1.41 bits per heavy atom. The highest BCUT2D eigenvalue weighted by atomic mass is 15.2. The number of nitrogens with one attached hydrogen (secondary N) is 1. The summed E-state index contributed by atoms with van der Waals surface area (Å²) in [4.78, 5) is 2.55. The van der Waals surface area contributed by atoms with E-state index in [2.05, 4.69) is 42.3 Å². The number of rotatable bonds is 4. The van der Waals surface area contributed by atoms with Crippen molar-refractivity contribution in [3.05, 3.63) is 29.3 Å². The van der Waals surface area contributed by atoms with Crippen LogP contribution in [0.2, 0.25) is 0 Å². The Labute approximate surface area is 105 Å². The molecule has 1 fully saturated rings. The van der Waals surface area contributed by atoms with E-state index in [4.69, 9.17) is 0 Å². The van der Waals surface area contributed by atoms with E-state index in [0.29, 0.717) is 0 Å². The van der Waals surface area contributed by atoms with Gasteiger partial charge in [-0.25, -0.2) is 0 Å². The third-order valence-electron chi connectivity index (χ3n) is 3.85. The normalized spacial score (nSPS) is 19.9. The van der Waals surface area contributed by atoms with Crippen molar-refractivity contribution >= 4 is 5.69 Å². The maximum absolute atomic E-state index is 3.20. The molecular weight excluding hydrogens is 208 g/mol. The summed E-state index contributed by atoms with van der Waals surface area (Å²) in [6.07, 6.45) is 2.67. The molecule has 17 heavy (non-hydrogen) atoms. The fraction of sp³-hybridized carbons (Fsp3) is 0.600. The summed E-state index contributed by atoms with van der Waals surface area (Å²) in [5.41, 5.74) is 4.22. The topological polar surface area (TPSA) is 15.3 Å². The van der Waals surface area contributed by atoms with Crippen LogP contribution in [-0.2, 0) is 6.54 Å². The lowest BCUT2D eigenvalue weighted by Gasteiger charge is -2.21. The molecule has 0 aromatic heterocycles. The van der Waals surface area contributed by atoms with Gasteiger partial charge in [0.05, 0.1) is 0 Å². The molecule has 0 saturated carbocycles. The Balaban J connectivity index is 2.11. The van der Waals surface area contributed by atoms with E-state index in [9.17, 15) is 0 Å². The van der Waals surface area contributed by atoms with E-state index in [1.807, 2.05) is 7.05 Å². The summed E-state index contributed by atoms with van der Waals surface area (Å²) in [6.45, 7) is 7.96. The Hall–Kier alpha value is -1.02. The smallest absolute Gasteiger partial charge is 0.0396 e. The molecule has 2 heteroatoms. The Kier molecular flexibility index (Phi) is 4.06. The van der Waals surface area contributed by atoms with Gasteiger partial charge in [-0.05, 0) is 43.5 Å². The zero-order valence-electron chi connectivity index (χ0n) is 11.3. The maximum atomic E-state index is 3.20. The zero-order chi connectivity index (χ0) is 12.3. The standard InChI is InChI=1S/C15H24N2/c1-4-13-7-8-17(11-13)15-6-5-14(10-16-3)9-12(15)2/h5-6,9,13,16H,4,7-8,10-11H2,1-3H3. The Morgan fingerprint density at radius 3 is 2.82 bits per heavy atom. The molecule has 1 aromatic carbocycles. The molecule has 2 nitrogen and oxygen atoms in total. The molecular formula is C15H24N2. The van der Waals surface area contributed by atoms with Crippen LogP contribution in [0, 0.1) is 12.8 Å². The predicted octanol–water partition coefficient (Wildman–Crippen LogP) is 2.95. The second-order valence-electron chi connectivity index (χ2n) is 5.16. The van der Waals surface area contributed by atoms with E-state index >= 15 is 0 Å². The first-order valence-corrected chi connectivity index (χ1v) is 6.73. The van der Waals surface area contributed by atoms with E-state index in [1.165, 1.54) is 42.7 Å². The molecule has 0 spiro atoms. The van der Waals surface area contributed by atoms with Gasteiger partial charge >= 0.3 is 0 Å².